The van der Waals surface area contributed by atoms with Crippen molar-refractivity contribution >= 4 is 27.9 Å². The Hall–Kier alpha value is -1.56. The first kappa shape index (κ1) is 10.6. The third-order valence-electron chi connectivity index (χ3n) is 3.14. The Bertz CT molecular complexity index is 546. The van der Waals surface area contributed by atoms with Crippen LogP contribution in [-0.2, 0) is 10.3 Å². The highest BCUT2D eigenvalue weighted by Gasteiger charge is 2.56. The van der Waals surface area contributed by atoms with Crippen molar-refractivity contribution in [2.75, 3.05) is 13.7 Å². The summed E-state index contributed by atoms with van der Waals surface area (Å²) in [6, 6.07) is 5.02. The topological polar surface area (TPSA) is 58.6 Å². The van der Waals surface area contributed by atoms with Gasteiger partial charge in [-0.25, -0.2) is 4.79 Å². The van der Waals surface area contributed by atoms with Crippen LogP contribution in [0.4, 0.5) is 4.79 Å². The standard InChI is InChI=1S/C11H9BrN2O3/c1-14-9(15)11(13-10(14)16)5-17-8-4-6(12)2-3-7(8)11/h2-4H,5H2,1H3,(H,13,16). The van der Waals surface area contributed by atoms with E-state index >= 15 is 0 Å². The van der Waals surface area contributed by atoms with E-state index in [4.69, 9.17) is 4.74 Å². The largest absolute Gasteiger partial charge is 0.490 e. The van der Waals surface area contributed by atoms with Gasteiger partial charge in [0.2, 0.25) is 0 Å². The van der Waals surface area contributed by atoms with Crippen molar-refractivity contribution in [2.24, 2.45) is 0 Å². The summed E-state index contributed by atoms with van der Waals surface area (Å²) in [5, 5.41) is 2.70. The summed E-state index contributed by atoms with van der Waals surface area (Å²) in [7, 11) is 1.46. The molecule has 2 aliphatic heterocycles. The maximum atomic E-state index is 12.1. The molecular formula is C11H9BrN2O3. The summed E-state index contributed by atoms with van der Waals surface area (Å²) in [6.45, 7) is 0.147. The van der Waals surface area contributed by atoms with Crippen molar-refractivity contribution in [3.8, 4) is 5.75 Å². The number of likely N-dealkylation sites (N-methyl/N-ethyl adjacent to an activating group) is 1. The van der Waals surface area contributed by atoms with Gasteiger partial charge in [-0.1, -0.05) is 22.0 Å². The Labute approximate surface area is 106 Å². The second-order valence-electron chi connectivity index (χ2n) is 4.13. The summed E-state index contributed by atoms with van der Waals surface area (Å²) >= 11 is 3.34. The molecule has 1 N–H and O–H groups in total. The fourth-order valence-corrected chi connectivity index (χ4v) is 2.55. The number of imide groups is 1. The first-order chi connectivity index (χ1) is 8.04. The van der Waals surface area contributed by atoms with Crippen LogP contribution in [0.15, 0.2) is 22.7 Å². The molecule has 2 aliphatic rings. The van der Waals surface area contributed by atoms with Crippen molar-refractivity contribution in [2.45, 2.75) is 5.54 Å². The van der Waals surface area contributed by atoms with Crippen molar-refractivity contribution in [1.82, 2.24) is 10.2 Å². The van der Waals surface area contributed by atoms with Gasteiger partial charge >= 0.3 is 6.03 Å². The molecule has 0 radical (unpaired) electrons. The van der Waals surface area contributed by atoms with E-state index in [1.54, 1.807) is 12.1 Å². The van der Waals surface area contributed by atoms with Crippen LogP contribution in [0.1, 0.15) is 5.56 Å². The van der Waals surface area contributed by atoms with Crippen molar-refractivity contribution in [3.63, 3.8) is 0 Å². The zero-order valence-corrected chi connectivity index (χ0v) is 10.6. The zero-order chi connectivity index (χ0) is 12.2. The summed E-state index contributed by atoms with van der Waals surface area (Å²) in [6.07, 6.45) is 0. The molecule has 1 fully saturated rings. The fourth-order valence-electron chi connectivity index (χ4n) is 2.21. The first-order valence-corrected chi connectivity index (χ1v) is 5.87. The number of nitrogens with one attached hydrogen (secondary N) is 1. The Morgan fingerprint density at radius 1 is 1.47 bits per heavy atom. The number of fused-ring (bicyclic) bond motifs is 2. The molecule has 3 amide bonds. The van der Waals surface area contributed by atoms with E-state index in [2.05, 4.69) is 21.2 Å². The lowest BCUT2D eigenvalue weighted by Gasteiger charge is -2.18. The average Bonchev–Trinajstić information content (AvgIpc) is 2.75. The van der Waals surface area contributed by atoms with Gasteiger partial charge in [0.1, 0.15) is 12.4 Å². The van der Waals surface area contributed by atoms with Crippen LogP contribution in [0.25, 0.3) is 0 Å². The lowest BCUT2D eigenvalue weighted by atomic mass is 9.92. The minimum atomic E-state index is -1.04. The Morgan fingerprint density at radius 3 is 2.88 bits per heavy atom. The van der Waals surface area contributed by atoms with Crippen LogP contribution >= 0.6 is 15.9 Å². The Balaban J connectivity index is 2.15. The highest BCUT2D eigenvalue weighted by Crippen LogP contribution is 2.41. The molecule has 0 saturated carbocycles. The van der Waals surface area contributed by atoms with Crippen LogP contribution < -0.4 is 10.1 Å². The number of benzene rings is 1. The highest BCUT2D eigenvalue weighted by molar-refractivity contribution is 9.10. The zero-order valence-electron chi connectivity index (χ0n) is 8.99. The molecule has 1 saturated heterocycles. The normalized spacial score (nSPS) is 26.1. The fraction of sp³-hybridized carbons (Fsp3) is 0.273. The molecule has 5 nitrogen and oxygen atoms in total. The van der Waals surface area contributed by atoms with Crippen LogP contribution in [0, 0.1) is 0 Å². The maximum Gasteiger partial charge on any atom is 0.325 e. The summed E-state index contributed by atoms with van der Waals surface area (Å²) < 4.78 is 6.37. The van der Waals surface area contributed by atoms with Gasteiger partial charge in [0.25, 0.3) is 5.91 Å². The number of urea groups is 1. The van der Waals surface area contributed by atoms with Gasteiger partial charge in [0, 0.05) is 17.1 Å². The van der Waals surface area contributed by atoms with E-state index in [9.17, 15) is 9.59 Å². The molecule has 17 heavy (non-hydrogen) atoms. The molecule has 1 atom stereocenters. The van der Waals surface area contributed by atoms with Gasteiger partial charge < -0.3 is 10.1 Å². The van der Waals surface area contributed by atoms with E-state index in [1.165, 1.54) is 7.05 Å². The highest BCUT2D eigenvalue weighted by atomic mass is 79.9. The van der Waals surface area contributed by atoms with Gasteiger partial charge in [-0.2, -0.15) is 0 Å². The smallest absolute Gasteiger partial charge is 0.325 e. The predicted octanol–water partition coefficient (Wildman–Crippen LogP) is 1.22. The van der Waals surface area contributed by atoms with Gasteiger partial charge in [0.15, 0.2) is 5.54 Å². The van der Waals surface area contributed by atoms with Crippen molar-refractivity contribution < 1.29 is 14.3 Å². The van der Waals surface area contributed by atoms with E-state index in [0.717, 1.165) is 9.37 Å². The molecule has 1 spiro atoms. The molecule has 0 bridgehead atoms. The number of amides is 3. The molecule has 1 aromatic carbocycles. The molecule has 0 aromatic heterocycles. The first-order valence-electron chi connectivity index (χ1n) is 5.08. The number of nitrogens with zero attached hydrogens (tertiary/aromatic N) is 1. The van der Waals surface area contributed by atoms with Gasteiger partial charge in [0.05, 0.1) is 0 Å². The van der Waals surface area contributed by atoms with E-state index in [0.29, 0.717) is 11.3 Å². The lowest BCUT2D eigenvalue weighted by Crippen LogP contribution is -2.45. The number of carbonyl (C=O) groups is 2. The maximum absolute atomic E-state index is 12.1. The average molecular weight is 297 g/mol. The Kier molecular flexibility index (Phi) is 2.01. The monoisotopic (exact) mass is 296 g/mol. The lowest BCUT2D eigenvalue weighted by molar-refractivity contribution is -0.131. The van der Waals surface area contributed by atoms with E-state index in [-0.39, 0.29) is 12.5 Å². The second kappa shape index (κ2) is 3.22. The summed E-state index contributed by atoms with van der Waals surface area (Å²) in [5.41, 5.74) is -0.328. The molecule has 6 heteroatoms. The number of ether oxygens (including phenoxy) is 1. The van der Waals surface area contributed by atoms with E-state index < -0.39 is 11.6 Å². The summed E-state index contributed by atoms with van der Waals surface area (Å²) in [4.78, 5) is 24.8. The van der Waals surface area contributed by atoms with Gasteiger partial charge in [-0.15, -0.1) is 0 Å². The van der Waals surface area contributed by atoms with Gasteiger partial charge in [-0.3, -0.25) is 9.69 Å². The molecule has 1 aromatic rings. The SMILES string of the molecule is CN1C(=O)NC2(COc3cc(Br)ccc32)C1=O. The quantitative estimate of drug-likeness (QED) is 0.733. The van der Waals surface area contributed by atoms with Crippen LogP contribution in [0.5, 0.6) is 5.75 Å². The van der Waals surface area contributed by atoms with Crippen LogP contribution in [0.3, 0.4) is 0 Å². The number of carbonyl (C=O) groups excluding carboxylic acids is 2. The third kappa shape index (κ3) is 1.24. The van der Waals surface area contributed by atoms with E-state index in [1.807, 2.05) is 6.07 Å². The summed E-state index contributed by atoms with van der Waals surface area (Å²) in [5.74, 6) is 0.354. The van der Waals surface area contributed by atoms with Crippen LogP contribution in [0.2, 0.25) is 0 Å². The minimum absolute atomic E-state index is 0.147. The number of halogens is 1. The molecule has 1 unspecified atom stereocenters. The van der Waals surface area contributed by atoms with Crippen LogP contribution in [-0.4, -0.2) is 30.5 Å². The van der Waals surface area contributed by atoms with Crippen molar-refractivity contribution in [3.05, 3.63) is 28.2 Å². The second-order valence-corrected chi connectivity index (χ2v) is 5.04. The van der Waals surface area contributed by atoms with Gasteiger partial charge in [-0.05, 0) is 12.1 Å². The molecule has 0 aliphatic carbocycles. The predicted molar refractivity (Wildman–Crippen MR) is 62.6 cm³/mol. The molecule has 2 heterocycles. The third-order valence-corrected chi connectivity index (χ3v) is 3.64. The minimum Gasteiger partial charge on any atom is -0.490 e. The Morgan fingerprint density at radius 2 is 2.24 bits per heavy atom. The molecule has 88 valence electrons. The number of hydrogen-bond acceptors (Lipinski definition) is 3. The van der Waals surface area contributed by atoms with Crippen molar-refractivity contribution in [1.29, 1.82) is 0 Å². The molecular weight excluding hydrogens is 288 g/mol. The number of hydrogen-bond donors (Lipinski definition) is 1. The molecule has 3 rings (SSSR count). The number of rotatable bonds is 0.